The van der Waals surface area contributed by atoms with E-state index in [1.165, 1.54) is 12.1 Å². The SMILES string of the molecule is CCCCNC(=NCC(O)c1ccc(OC(F)F)cc1)NCC. The molecule has 0 radical (unpaired) electrons. The van der Waals surface area contributed by atoms with Crippen molar-refractivity contribution in [3.63, 3.8) is 0 Å². The van der Waals surface area contributed by atoms with Gasteiger partial charge in [-0.1, -0.05) is 25.5 Å². The van der Waals surface area contributed by atoms with Crippen LogP contribution in [0.3, 0.4) is 0 Å². The molecule has 1 rings (SSSR count). The van der Waals surface area contributed by atoms with Crippen molar-refractivity contribution in [3.05, 3.63) is 29.8 Å². The number of aliphatic imine (C=N–C) groups is 1. The Bertz CT molecular complexity index is 467. The Labute approximate surface area is 135 Å². The molecule has 1 unspecified atom stereocenters. The largest absolute Gasteiger partial charge is 0.435 e. The van der Waals surface area contributed by atoms with E-state index in [2.05, 4.69) is 27.3 Å². The van der Waals surface area contributed by atoms with Crippen molar-refractivity contribution in [3.8, 4) is 5.75 Å². The number of guanidine groups is 1. The van der Waals surface area contributed by atoms with Crippen LogP contribution >= 0.6 is 0 Å². The first-order chi connectivity index (χ1) is 11.1. The third kappa shape index (κ3) is 7.78. The van der Waals surface area contributed by atoms with E-state index in [9.17, 15) is 13.9 Å². The molecule has 0 aliphatic heterocycles. The minimum atomic E-state index is -2.85. The van der Waals surface area contributed by atoms with Gasteiger partial charge in [0.25, 0.3) is 0 Å². The lowest BCUT2D eigenvalue weighted by Crippen LogP contribution is -2.38. The second kappa shape index (κ2) is 10.8. The molecule has 0 aliphatic carbocycles. The monoisotopic (exact) mass is 329 g/mol. The topological polar surface area (TPSA) is 65.9 Å². The number of hydrogen-bond donors (Lipinski definition) is 3. The van der Waals surface area contributed by atoms with Gasteiger partial charge in [-0.25, -0.2) is 0 Å². The number of hydrogen-bond acceptors (Lipinski definition) is 3. The molecule has 7 heteroatoms. The lowest BCUT2D eigenvalue weighted by molar-refractivity contribution is -0.0498. The number of alkyl halides is 2. The summed E-state index contributed by atoms with van der Waals surface area (Å²) >= 11 is 0. The zero-order valence-corrected chi connectivity index (χ0v) is 13.6. The summed E-state index contributed by atoms with van der Waals surface area (Å²) in [6.45, 7) is 2.95. The number of nitrogens with zero attached hydrogens (tertiary/aromatic N) is 1. The molecule has 0 bridgehead atoms. The van der Waals surface area contributed by atoms with Crippen molar-refractivity contribution in [1.29, 1.82) is 0 Å². The molecular formula is C16H25F2N3O2. The summed E-state index contributed by atoms with van der Waals surface area (Å²) in [5.74, 6) is 0.715. The minimum absolute atomic E-state index is 0.0639. The molecule has 0 fully saturated rings. The van der Waals surface area contributed by atoms with Gasteiger partial charge >= 0.3 is 6.61 Å². The summed E-state index contributed by atoms with van der Waals surface area (Å²) in [4.78, 5) is 4.33. The van der Waals surface area contributed by atoms with Crippen molar-refractivity contribution < 1.29 is 18.6 Å². The van der Waals surface area contributed by atoms with Crippen LogP contribution in [0.25, 0.3) is 0 Å². The van der Waals surface area contributed by atoms with Crippen LogP contribution in [0.15, 0.2) is 29.3 Å². The molecule has 5 nitrogen and oxygen atoms in total. The number of aliphatic hydroxyl groups excluding tert-OH is 1. The molecule has 0 aliphatic rings. The van der Waals surface area contributed by atoms with Crippen LogP contribution < -0.4 is 15.4 Å². The number of unbranched alkanes of at least 4 members (excludes halogenated alkanes) is 1. The molecule has 1 aromatic rings. The molecule has 130 valence electrons. The maximum Gasteiger partial charge on any atom is 0.387 e. The van der Waals surface area contributed by atoms with Crippen molar-refractivity contribution >= 4 is 5.96 Å². The highest BCUT2D eigenvalue weighted by atomic mass is 19.3. The maximum absolute atomic E-state index is 12.1. The van der Waals surface area contributed by atoms with Gasteiger partial charge in [0.05, 0.1) is 12.6 Å². The number of halogens is 2. The van der Waals surface area contributed by atoms with Crippen LogP contribution in [0.5, 0.6) is 5.75 Å². The van der Waals surface area contributed by atoms with Crippen LogP contribution in [0, 0.1) is 0 Å². The van der Waals surface area contributed by atoms with Crippen LogP contribution in [-0.4, -0.2) is 37.3 Å². The Balaban J connectivity index is 2.57. The van der Waals surface area contributed by atoms with Crippen molar-refractivity contribution in [2.45, 2.75) is 39.4 Å². The predicted octanol–water partition coefficient (Wildman–Crippen LogP) is 2.68. The summed E-state index contributed by atoms with van der Waals surface area (Å²) in [5.41, 5.74) is 0.597. The molecule has 0 aromatic heterocycles. The Morgan fingerprint density at radius 3 is 2.48 bits per heavy atom. The van der Waals surface area contributed by atoms with Gasteiger partial charge in [0.1, 0.15) is 5.75 Å². The first-order valence-corrected chi connectivity index (χ1v) is 7.81. The van der Waals surface area contributed by atoms with Gasteiger partial charge in [-0.2, -0.15) is 8.78 Å². The van der Waals surface area contributed by atoms with E-state index in [1.807, 2.05) is 6.92 Å². The van der Waals surface area contributed by atoms with Crippen LogP contribution in [0.2, 0.25) is 0 Å². The van der Waals surface area contributed by atoms with E-state index in [1.54, 1.807) is 12.1 Å². The number of ether oxygens (including phenoxy) is 1. The Morgan fingerprint density at radius 1 is 1.22 bits per heavy atom. The highest BCUT2D eigenvalue weighted by molar-refractivity contribution is 5.79. The van der Waals surface area contributed by atoms with Gasteiger partial charge < -0.3 is 20.5 Å². The highest BCUT2D eigenvalue weighted by Gasteiger charge is 2.09. The van der Waals surface area contributed by atoms with Gasteiger partial charge in [-0.3, -0.25) is 4.99 Å². The van der Waals surface area contributed by atoms with E-state index in [-0.39, 0.29) is 12.3 Å². The van der Waals surface area contributed by atoms with Gasteiger partial charge in [-0.05, 0) is 31.0 Å². The average Bonchev–Trinajstić information content (AvgIpc) is 2.52. The van der Waals surface area contributed by atoms with Gasteiger partial charge in [0.2, 0.25) is 0 Å². The van der Waals surface area contributed by atoms with Crippen LogP contribution in [0.1, 0.15) is 38.4 Å². The van der Waals surface area contributed by atoms with Crippen molar-refractivity contribution in [2.75, 3.05) is 19.6 Å². The Kier molecular flexibility index (Phi) is 8.97. The summed E-state index contributed by atoms with van der Waals surface area (Å²) in [7, 11) is 0. The maximum atomic E-state index is 12.1. The molecule has 0 heterocycles. The lowest BCUT2D eigenvalue weighted by Gasteiger charge is -2.13. The van der Waals surface area contributed by atoms with Gasteiger partial charge in [0.15, 0.2) is 5.96 Å². The standard InChI is InChI=1S/C16H25F2N3O2/c1-3-5-10-20-16(19-4-2)21-11-14(22)12-6-8-13(9-7-12)23-15(17)18/h6-9,14-15,22H,3-5,10-11H2,1-2H3,(H2,19,20,21). The van der Waals surface area contributed by atoms with E-state index in [0.717, 1.165) is 25.9 Å². The summed E-state index contributed by atoms with van der Waals surface area (Å²) in [6, 6.07) is 5.91. The quantitative estimate of drug-likeness (QED) is 0.370. The predicted molar refractivity (Wildman–Crippen MR) is 86.9 cm³/mol. The Morgan fingerprint density at radius 2 is 1.91 bits per heavy atom. The molecule has 0 saturated carbocycles. The highest BCUT2D eigenvalue weighted by Crippen LogP contribution is 2.19. The van der Waals surface area contributed by atoms with E-state index < -0.39 is 12.7 Å². The smallest absolute Gasteiger partial charge is 0.387 e. The number of benzene rings is 1. The van der Waals surface area contributed by atoms with Crippen molar-refractivity contribution in [1.82, 2.24) is 10.6 Å². The first-order valence-electron chi connectivity index (χ1n) is 7.81. The van der Waals surface area contributed by atoms with E-state index in [0.29, 0.717) is 11.5 Å². The fourth-order valence-corrected chi connectivity index (χ4v) is 1.88. The zero-order valence-electron chi connectivity index (χ0n) is 13.6. The fourth-order valence-electron chi connectivity index (χ4n) is 1.88. The summed E-state index contributed by atoms with van der Waals surface area (Å²) < 4.78 is 28.4. The molecule has 1 aromatic carbocycles. The fraction of sp³-hybridized carbons (Fsp3) is 0.562. The number of aliphatic hydroxyl groups is 1. The average molecular weight is 329 g/mol. The molecule has 23 heavy (non-hydrogen) atoms. The second-order valence-electron chi connectivity index (χ2n) is 4.96. The molecule has 0 saturated heterocycles. The molecular weight excluding hydrogens is 304 g/mol. The normalized spacial score (nSPS) is 13.0. The minimum Gasteiger partial charge on any atom is -0.435 e. The second-order valence-corrected chi connectivity index (χ2v) is 4.96. The first kappa shape index (κ1) is 19.2. The third-order valence-electron chi connectivity index (χ3n) is 3.08. The number of rotatable bonds is 9. The Hall–Kier alpha value is -1.89. The third-order valence-corrected chi connectivity index (χ3v) is 3.08. The van der Waals surface area contributed by atoms with Crippen LogP contribution in [0.4, 0.5) is 8.78 Å². The lowest BCUT2D eigenvalue weighted by atomic mass is 10.1. The summed E-state index contributed by atoms with van der Waals surface area (Å²) in [6.07, 6.45) is 1.32. The molecule has 3 N–H and O–H groups in total. The molecule has 0 amide bonds. The van der Waals surface area contributed by atoms with E-state index in [4.69, 9.17) is 0 Å². The van der Waals surface area contributed by atoms with Gasteiger partial charge in [0, 0.05) is 13.1 Å². The molecule has 0 spiro atoms. The van der Waals surface area contributed by atoms with Crippen molar-refractivity contribution in [2.24, 2.45) is 4.99 Å². The zero-order chi connectivity index (χ0) is 17.1. The van der Waals surface area contributed by atoms with Gasteiger partial charge in [-0.15, -0.1) is 0 Å². The summed E-state index contributed by atoms with van der Waals surface area (Å²) in [5, 5.41) is 16.4. The molecule has 1 atom stereocenters. The van der Waals surface area contributed by atoms with Crippen LogP contribution in [-0.2, 0) is 0 Å². The number of nitrogens with one attached hydrogen (secondary N) is 2. The van der Waals surface area contributed by atoms with E-state index >= 15 is 0 Å².